The molecule has 3 aliphatic rings. The highest BCUT2D eigenvalue weighted by atomic mass is 79.9. The van der Waals surface area contributed by atoms with Crippen LogP contribution in [0.25, 0.3) is 0 Å². The summed E-state index contributed by atoms with van der Waals surface area (Å²) in [5.41, 5.74) is 0.730. The quantitative estimate of drug-likeness (QED) is 0.314. The molecule has 3 fully saturated rings. The minimum absolute atomic E-state index is 0.0585. The van der Waals surface area contributed by atoms with Crippen LogP contribution in [0.1, 0.15) is 16.8 Å². The number of ether oxygens (including phenoxy) is 2. The third-order valence-corrected chi connectivity index (χ3v) is 9.53. The van der Waals surface area contributed by atoms with Gasteiger partial charge in [-0.3, -0.25) is 24.1 Å². The number of likely N-dealkylation sites (tertiary alicyclic amines) is 1. The van der Waals surface area contributed by atoms with Crippen molar-refractivity contribution >= 4 is 67.2 Å². The Bertz CT molecular complexity index is 951. The zero-order valence-corrected chi connectivity index (χ0v) is 20.1. The zero-order chi connectivity index (χ0) is 23.2. The first kappa shape index (κ1) is 22.9. The number of alkyl halides is 2. The van der Waals surface area contributed by atoms with Gasteiger partial charge in [0, 0.05) is 15.3 Å². The van der Waals surface area contributed by atoms with Crippen molar-refractivity contribution in [2.45, 2.75) is 16.1 Å². The van der Waals surface area contributed by atoms with E-state index in [1.165, 1.54) is 31.4 Å². The second-order valence-electron chi connectivity index (χ2n) is 8.04. The molecule has 1 aromatic rings. The molecule has 1 aromatic carbocycles. The van der Waals surface area contributed by atoms with Gasteiger partial charge in [-0.15, -0.1) is 0 Å². The molecule has 0 aromatic heterocycles. The first-order valence-electron chi connectivity index (χ1n) is 10.00. The van der Waals surface area contributed by atoms with Crippen molar-refractivity contribution in [3.8, 4) is 0 Å². The molecule has 4 rings (SSSR count). The standard InChI is InChI=1S/C21H20Br2N2O7/c1-31-21(30)9-2-4-10(5-3-9)24-13(26)8-32-14(27)7-25-19(28)15-11-6-12(16(15)20(25)29)18(23)17(11)22/h2-5,11-12,15-18H,6-8H2,1H3,(H,24,26)/t11-,12-,15-,16-,17-,18+/m1/s1. The number of nitrogens with zero attached hydrogens (tertiary/aromatic N) is 1. The number of rotatable bonds is 6. The lowest BCUT2D eigenvalue weighted by Gasteiger charge is -2.28. The molecule has 1 saturated heterocycles. The molecule has 11 heteroatoms. The van der Waals surface area contributed by atoms with Crippen molar-refractivity contribution in [1.82, 2.24) is 4.90 Å². The Morgan fingerprint density at radius 2 is 1.59 bits per heavy atom. The topological polar surface area (TPSA) is 119 Å². The van der Waals surface area contributed by atoms with Crippen molar-refractivity contribution in [1.29, 1.82) is 0 Å². The average molecular weight is 572 g/mol. The van der Waals surface area contributed by atoms with E-state index in [0.717, 1.165) is 11.3 Å². The lowest BCUT2D eigenvalue weighted by atomic mass is 9.81. The van der Waals surface area contributed by atoms with E-state index in [9.17, 15) is 24.0 Å². The van der Waals surface area contributed by atoms with Gasteiger partial charge >= 0.3 is 11.9 Å². The molecular formula is C21H20Br2N2O7. The van der Waals surface area contributed by atoms with E-state index < -0.39 is 42.8 Å². The van der Waals surface area contributed by atoms with E-state index in [0.29, 0.717) is 11.3 Å². The smallest absolute Gasteiger partial charge is 0.337 e. The summed E-state index contributed by atoms with van der Waals surface area (Å²) in [6.07, 6.45) is 0.803. The number of esters is 2. The fourth-order valence-corrected chi connectivity index (χ4v) is 6.77. The van der Waals surface area contributed by atoms with Gasteiger partial charge in [-0.1, -0.05) is 31.9 Å². The molecule has 9 nitrogen and oxygen atoms in total. The Kier molecular flexibility index (Phi) is 6.39. The summed E-state index contributed by atoms with van der Waals surface area (Å²) < 4.78 is 9.56. The number of carbonyl (C=O) groups excluding carboxylic acids is 5. The molecule has 1 heterocycles. The van der Waals surface area contributed by atoms with Gasteiger partial charge in [-0.25, -0.2) is 4.79 Å². The molecular weight excluding hydrogens is 552 g/mol. The molecule has 6 atom stereocenters. The predicted molar refractivity (Wildman–Crippen MR) is 118 cm³/mol. The van der Waals surface area contributed by atoms with Crippen LogP contribution in [0.15, 0.2) is 24.3 Å². The minimum Gasteiger partial charge on any atom is -0.465 e. The summed E-state index contributed by atoms with van der Waals surface area (Å²) in [5, 5.41) is 2.53. The van der Waals surface area contributed by atoms with Crippen LogP contribution in [0, 0.1) is 23.7 Å². The molecule has 1 aliphatic heterocycles. The van der Waals surface area contributed by atoms with Crippen molar-refractivity contribution in [2.24, 2.45) is 23.7 Å². The maximum Gasteiger partial charge on any atom is 0.337 e. The molecule has 3 amide bonds. The fourth-order valence-electron chi connectivity index (χ4n) is 4.89. The Morgan fingerprint density at radius 1 is 1.03 bits per heavy atom. The molecule has 2 aliphatic carbocycles. The molecule has 0 spiro atoms. The number of anilines is 1. The largest absolute Gasteiger partial charge is 0.465 e. The highest BCUT2D eigenvalue weighted by molar-refractivity contribution is 9.12. The van der Waals surface area contributed by atoms with Gasteiger partial charge < -0.3 is 14.8 Å². The number of carbonyl (C=O) groups is 5. The number of hydrogen-bond acceptors (Lipinski definition) is 7. The summed E-state index contributed by atoms with van der Waals surface area (Å²) in [5.74, 6) is -3.32. The van der Waals surface area contributed by atoms with Crippen LogP contribution in [0.3, 0.4) is 0 Å². The number of halogens is 2. The van der Waals surface area contributed by atoms with Crippen LogP contribution in [0.2, 0.25) is 0 Å². The summed E-state index contributed by atoms with van der Waals surface area (Å²) in [6, 6.07) is 5.98. The second kappa shape index (κ2) is 8.93. The van der Waals surface area contributed by atoms with Crippen molar-refractivity contribution in [2.75, 3.05) is 25.6 Å². The molecule has 2 saturated carbocycles. The summed E-state index contributed by atoms with van der Waals surface area (Å²) in [7, 11) is 1.27. The van der Waals surface area contributed by atoms with Gasteiger partial charge in [0.25, 0.3) is 5.91 Å². The molecule has 32 heavy (non-hydrogen) atoms. The molecule has 2 bridgehead atoms. The SMILES string of the molecule is COC(=O)c1ccc(NC(=O)COC(=O)CN2C(=O)[C@@H]3[C@H]4C[C@@H]([C@@H](Br)[C@H]4Br)[C@H]3C2=O)cc1. The Morgan fingerprint density at radius 3 is 2.12 bits per heavy atom. The van der Waals surface area contributed by atoms with E-state index in [2.05, 4.69) is 41.9 Å². The molecule has 170 valence electrons. The first-order valence-corrected chi connectivity index (χ1v) is 11.8. The highest BCUT2D eigenvalue weighted by Crippen LogP contribution is 2.60. The fraction of sp³-hybridized carbons (Fsp3) is 0.476. The lowest BCUT2D eigenvalue weighted by Crippen LogP contribution is -2.38. The van der Waals surface area contributed by atoms with Crippen LogP contribution in [-0.2, 0) is 28.7 Å². The molecule has 0 unspecified atom stereocenters. The number of methoxy groups -OCH3 is 1. The Labute approximate surface area is 200 Å². The average Bonchev–Trinajstić information content (AvgIpc) is 3.38. The van der Waals surface area contributed by atoms with Crippen LogP contribution in [-0.4, -0.2) is 64.5 Å². The molecule has 0 radical (unpaired) electrons. The number of hydrogen-bond donors (Lipinski definition) is 1. The molecule has 1 N–H and O–H groups in total. The van der Waals surface area contributed by atoms with Crippen molar-refractivity contribution in [3.05, 3.63) is 29.8 Å². The summed E-state index contributed by atoms with van der Waals surface area (Å²) in [4.78, 5) is 62.5. The number of imide groups is 1. The van der Waals surface area contributed by atoms with Crippen molar-refractivity contribution in [3.63, 3.8) is 0 Å². The number of benzene rings is 1. The van der Waals surface area contributed by atoms with E-state index in [1.807, 2.05) is 0 Å². The minimum atomic E-state index is -0.832. The maximum atomic E-state index is 12.8. The zero-order valence-electron chi connectivity index (χ0n) is 17.0. The summed E-state index contributed by atoms with van der Waals surface area (Å²) in [6.45, 7) is -1.08. The lowest BCUT2D eigenvalue weighted by molar-refractivity contribution is -0.154. The van der Waals surface area contributed by atoms with Gasteiger partial charge in [0.15, 0.2) is 6.61 Å². The van der Waals surface area contributed by atoms with Crippen LogP contribution < -0.4 is 5.32 Å². The van der Waals surface area contributed by atoms with E-state index >= 15 is 0 Å². The van der Waals surface area contributed by atoms with Crippen LogP contribution >= 0.6 is 31.9 Å². The third-order valence-electron chi connectivity index (χ3n) is 6.32. The van der Waals surface area contributed by atoms with Gasteiger partial charge in [0.2, 0.25) is 11.8 Å². The normalized spacial score (nSPS) is 30.3. The van der Waals surface area contributed by atoms with E-state index in [4.69, 9.17) is 4.74 Å². The number of fused-ring (bicyclic) bond motifs is 5. The van der Waals surface area contributed by atoms with Crippen LogP contribution in [0.4, 0.5) is 5.69 Å². The highest BCUT2D eigenvalue weighted by Gasteiger charge is 2.66. The number of amides is 3. The van der Waals surface area contributed by atoms with Crippen LogP contribution in [0.5, 0.6) is 0 Å². The van der Waals surface area contributed by atoms with E-state index in [1.54, 1.807) is 0 Å². The van der Waals surface area contributed by atoms with Gasteiger partial charge in [-0.05, 0) is 42.5 Å². The predicted octanol–water partition coefficient (Wildman–Crippen LogP) is 1.73. The third kappa shape index (κ3) is 3.96. The van der Waals surface area contributed by atoms with Gasteiger partial charge in [0.05, 0.1) is 24.5 Å². The van der Waals surface area contributed by atoms with Gasteiger partial charge in [-0.2, -0.15) is 0 Å². The first-order chi connectivity index (χ1) is 15.2. The second-order valence-corrected chi connectivity index (χ2v) is 10.2. The maximum absolute atomic E-state index is 12.8. The Balaban J connectivity index is 1.28. The summed E-state index contributed by atoms with van der Waals surface area (Å²) >= 11 is 7.22. The Hall–Kier alpha value is -2.27. The number of nitrogens with one attached hydrogen (secondary N) is 1. The van der Waals surface area contributed by atoms with Gasteiger partial charge in [0.1, 0.15) is 6.54 Å². The van der Waals surface area contributed by atoms with E-state index in [-0.39, 0.29) is 33.3 Å². The van der Waals surface area contributed by atoms with Crippen molar-refractivity contribution < 1.29 is 33.4 Å². The monoisotopic (exact) mass is 570 g/mol.